The summed E-state index contributed by atoms with van der Waals surface area (Å²) in [6.45, 7) is 4.08. The van der Waals surface area contributed by atoms with E-state index in [1.54, 1.807) is 0 Å². The maximum atomic E-state index is 5.68. The largest absolute Gasteiger partial charge is 0.389 e. The van der Waals surface area contributed by atoms with Gasteiger partial charge in [0.1, 0.15) is 10.8 Å². The van der Waals surface area contributed by atoms with Crippen molar-refractivity contribution in [2.75, 3.05) is 5.32 Å². The van der Waals surface area contributed by atoms with Crippen molar-refractivity contribution in [1.82, 2.24) is 4.98 Å². The van der Waals surface area contributed by atoms with Crippen LogP contribution < -0.4 is 11.1 Å². The van der Waals surface area contributed by atoms with Crippen LogP contribution in [-0.2, 0) is 6.42 Å². The molecule has 0 saturated heterocycles. The molecule has 0 spiro atoms. The number of nitrogens with one attached hydrogen (secondary N) is 1. The first-order chi connectivity index (χ1) is 9.54. The van der Waals surface area contributed by atoms with Gasteiger partial charge in [0.15, 0.2) is 0 Å². The average Bonchev–Trinajstić information content (AvgIpc) is 2.38. The summed E-state index contributed by atoms with van der Waals surface area (Å²) in [4.78, 5) is 4.87. The van der Waals surface area contributed by atoms with Crippen molar-refractivity contribution in [3.8, 4) is 0 Å². The Morgan fingerprint density at radius 1 is 1.30 bits per heavy atom. The first-order valence-electron chi connectivity index (χ1n) is 6.63. The molecule has 2 aromatic rings. The number of pyridine rings is 1. The number of aryl methyl sites for hydroxylation is 1. The molecule has 1 aromatic heterocycles. The van der Waals surface area contributed by atoms with E-state index in [4.69, 9.17) is 18.0 Å². The number of thiocarbonyl (C=S) groups is 1. The Labute approximate surface area is 125 Å². The molecule has 1 aromatic carbocycles. The molecule has 0 amide bonds. The molecular formula is C16H19N3S. The molecular weight excluding hydrogens is 266 g/mol. The van der Waals surface area contributed by atoms with Crippen molar-refractivity contribution in [2.45, 2.75) is 26.3 Å². The smallest absolute Gasteiger partial charge is 0.127 e. The van der Waals surface area contributed by atoms with E-state index in [1.165, 1.54) is 5.56 Å². The third-order valence-corrected chi connectivity index (χ3v) is 3.25. The zero-order valence-electron chi connectivity index (χ0n) is 11.8. The molecule has 4 heteroatoms. The van der Waals surface area contributed by atoms with Crippen LogP contribution in [0.2, 0.25) is 0 Å². The lowest BCUT2D eigenvalue weighted by Gasteiger charge is -2.16. The fraction of sp³-hybridized carbons (Fsp3) is 0.250. The van der Waals surface area contributed by atoms with Crippen LogP contribution in [0, 0.1) is 6.92 Å². The van der Waals surface area contributed by atoms with Crippen molar-refractivity contribution >= 4 is 23.0 Å². The summed E-state index contributed by atoms with van der Waals surface area (Å²) in [6, 6.07) is 14.5. The highest BCUT2D eigenvalue weighted by atomic mass is 32.1. The number of benzene rings is 1. The highest BCUT2D eigenvalue weighted by molar-refractivity contribution is 7.80. The van der Waals surface area contributed by atoms with Crippen LogP contribution in [0.25, 0.3) is 0 Å². The summed E-state index contributed by atoms with van der Waals surface area (Å²) in [7, 11) is 0. The molecule has 3 N–H and O–H groups in total. The standard InChI is InChI=1S/C16H19N3S/c1-11(8-13-6-4-3-5-7-13)18-15-10-14(16(17)20)9-12(2)19-15/h3-7,9-11H,8H2,1-2H3,(H2,17,20)(H,18,19). The highest BCUT2D eigenvalue weighted by Crippen LogP contribution is 2.13. The summed E-state index contributed by atoms with van der Waals surface area (Å²) in [5.41, 5.74) is 8.74. The zero-order valence-corrected chi connectivity index (χ0v) is 12.6. The maximum absolute atomic E-state index is 5.68. The van der Waals surface area contributed by atoms with Gasteiger partial charge in [0.25, 0.3) is 0 Å². The van der Waals surface area contributed by atoms with Crippen molar-refractivity contribution < 1.29 is 0 Å². The SMILES string of the molecule is Cc1cc(C(N)=S)cc(NC(C)Cc2ccccc2)n1. The molecule has 1 heterocycles. The predicted molar refractivity (Wildman–Crippen MR) is 88.1 cm³/mol. The first-order valence-corrected chi connectivity index (χ1v) is 7.04. The normalized spacial score (nSPS) is 11.9. The lowest BCUT2D eigenvalue weighted by molar-refractivity contribution is 0.784. The lowest BCUT2D eigenvalue weighted by Crippen LogP contribution is -2.20. The van der Waals surface area contributed by atoms with E-state index >= 15 is 0 Å². The van der Waals surface area contributed by atoms with Crippen LogP contribution in [0.5, 0.6) is 0 Å². The van der Waals surface area contributed by atoms with Crippen molar-refractivity contribution in [3.05, 3.63) is 59.3 Å². The maximum Gasteiger partial charge on any atom is 0.127 e. The van der Waals surface area contributed by atoms with Crippen molar-refractivity contribution in [3.63, 3.8) is 0 Å². The van der Waals surface area contributed by atoms with Gasteiger partial charge < -0.3 is 11.1 Å². The number of anilines is 1. The van der Waals surface area contributed by atoms with E-state index in [1.807, 2.05) is 25.1 Å². The molecule has 2 rings (SSSR count). The number of hydrogen-bond acceptors (Lipinski definition) is 3. The van der Waals surface area contributed by atoms with Crippen LogP contribution in [0.3, 0.4) is 0 Å². The molecule has 0 bridgehead atoms. The van der Waals surface area contributed by atoms with E-state index < -0.39 is 0 Å². The summed E-state index contributed by atoms with van der Waals surface area (Å²) < 4.78 is 0. The minimum absolute atomic E-state index is 0.283. The number of nitrogens with two attached hydrogens (primary N) is 1. The first kappa shape index (κ1) is 14.5. The Morgan fingerprint density at radius 2 is 2.00 bits per heavy atom. The minimum Gasteiger partial charge on any atom is -0.389 e. The molecule has 104 valence electrons. The Bertz CT molecular complexity index is 596. The second-order valence-electron chi connectivity index (χ2n) is 4.98. The Morgan fingerprint density at radius 3 is 2.65 bits per heavy atom. The average molecular weight is 285 g/mol. The molecule has 0 aliphatic heterocycles. The quantitative estimate of drug-likeness (QED) is 0.829. The molecule has 0 radical (unpaired) electrons. The number of hydrogen-bond donors (Lipinski definition) is 2. The molecule has 3 nitrogen and oxygen atoms in total. The van der Waals surface area contributed by atoms with Gasteiger partial charge in [-0.3, -0.25) is 0 Å². The van der Waals surface area contributed by atoms with E-state index in [0.717, 1.165) is 23.5 Å². The number of aromatic nitrogens is 1. The minimum atomic E-state index is 0.283. The Kier molecular flexibility index (Phi) is 4.69. The number of nitrogens with zero attached hydrogens (tertiary/aromatic N) is 1. The van der Waals surface area contributed by atoms with Gasteiger partial charge in [0.2, 0.25) is 0 Å². The van der Waals surface area contributed by atoms with E-state index in [2.05, 4.69) is 41.5 Å². The highest BCUT2D eigenvalue weighted by Gasteiger charge is 2.07. The summed E-state index contributed by atoms with van der Waals surface area (Å²) in [5.74, 6) is 0.816. The van der Waals surface area contributed by atoms with Crippen LogP contribution in [0.4, 0.5) is 5.82 Å². The van der Waals surface area contributed by atoms with Gasteiger partial charge in [-0.05, 0) is 38.0 Å². The number of rotatable bonds is 5. The summed E-state index contributed by atoms with van der Waals surface area (Å²) in [6.07, 6.45) is 0.943. The van der Waals surface area contributed by atoms with E-state index in [9.17, 15) is 0 Å². The zero-order chi connectivity index (χ0) is 14.5. The molecule has 0 aliphatic rings. The Hall–Kier alpha value is -1.94. The van der Waals surface area contributed by atoms with Gasteiger partial charge in [0.05, 0.1) is 0 Å². The third-order valence-electron chi connectivity index (χ3n) is 3.02. The third kappa shape index (κ3) is 4.03. The van der Waals surface area contributed by atoms with Crippen LogP contribution in [0.15, 0.2) is 42.5 Å². The van der Waals surface area contributed by atoms with E-state index in [-0.39, 0.29) is 6.04 Å². The van der Waals surface area contributed by atoms with Crippen LogP contribution in [0.1, 0.15) is 23.7 Å². The monoisotopic (exact) mass is 285 g/mol. The van der Waals surface area contributed by atoms with Gasteiger partial charge in [0, 0.05) is 17.3 Å². The summed E-state index contributed by atoms with van der Waals surface area (Å²) in [5, 5.41) is 3.40. The predicted octanol–water partition coefficient (Wildman–Crippen LogP) is 3.07. The van der Waals surface area contributed by atoms with Crippen LogP contribution >= 0.6 is 12.2 Å². The van der Waals surface area contributed by atoms with E-state index in [0.29, 0.717) is 4.99 Å². The fourth-order valence-corrected chi connectivity index (χ4v) is 2.27. The topological polar surface area (TPSA) is 50.9 Å². The van der Waals surface area contributed by atoms with Gasteiger partial charge in [-0.1, -0.05) is 42.5 Å². The van der Waals surface area contributed by atoms with Crippen LogP contribution in [-0.4, -0.2) is 16.0 Å². The van der Waals surface area contributed by atoms with Gasteiger partial charge in [-0.15, -0.1) is 0 Å². The summed E-state index contributed by atoms with van der Waals surface area (Å²) >= 11 is 5.02. The Balaban J connectivity index is 2.07. The van der Waals surface area contributed by atoms with Gasteiger partial charge >= 0.3 is 0 Å². The van der Waals surface area contributed by atoms with Crippen molar-refractivity contribution in [2.24, 2.45) is 5.73 Å². The van der Waals surface area contributed by atoms with Gasteiger partial charge in [-0.2, -0.15) is 0 Å². The second-order valence-corrected chi connectivity index (χ2v) is 5.42. The second kappa shape index (κ2) is 6.48. The lowest BCUT2D eigenvalue weighted by atomic mass is 10.1. The molecule has 0 fully saturated rings. The molecule has 1 unspecified atom stereocenters. The fourth-order valence-electron chi connectivity index (χ4n) is 2.16. The van der Waals surface area contributed by atoms with Gasteiger partial charge in [-0.25, -0.2) is 4.98 Å². The van der Waals surface area contributed by atoms with Crippen molar-refractivity contribution in [1.29, 1.82) is 0 Å². The molecule has 1 atom stereocenters. The molecule has 0 aliphatic carbocycles. The molecule has 0 saturated carbocycles. The molecule has 20 heavy (non-hydrogen) atoms.